The van der Waals surface area contributed by atoms with Crippen molar-refractivity contribution in [2.45, 2.75) is 6.92 Å². The lowest BCUT2D eigenvalue weighted by Crippen LogP contribution is -2.05. The Morgan fingerprint density at radius 1 is 1.39 bits per heavy atom. The Morgan fingerprint density at radius 2 is 2.13 bits per heavy atom. The van der Waals surface area contributed by atoms with Crippen LogP contribution in [0.25, 0.3) is 17.2 Å². The highest BCUT2D eigenvalue weighted by Gasteiger charge is 2.14. The van der Waals surface area contributed by atoms with Crippen molar-refractivity contribution in [3.05, 3.63) is 34.4 Å². The van der Waals surface area contributed by atoms with Gasteiger partial charge in [-0.15, -0.1) is 11.3 Å². The average molecular weight is 347 g/mol. The summed E-state index contributed by atoms with van der Waals surface area (Å²) in [6.07, 6.45) is 0. The van der Waals surface area contributed by atoms with Gasteiger partial charge in [0.25, 0.3) is 0 Å². The van der Waals surface area contributed by atoms with Gasteiger partial charge in [-0.05, 0) is 36.5 Å². The Labute approximate surface area is 141 Å². The van der Waals surface area contributed by atoms with E-state index in [-0.39, 0.29) is 5.91 Å². The van der Waals surface area contributed by atoms with Crippen molar-refractivity contribution in [3.63, 3.8) is 0 Å². The molecule has 0 aliphatic rings. The third-order valence-electron chi connectivity index (χ3n) is 3.02. The smallest absolute Gasteiger partial charge is 0.223 e. The molecule has 0 fully saturated rings. The summed E-state index contributed by atoms with van der Waals surface area (Å²) < 4.78 is 7.40. The van der Waals surface area contributed by atoms with Gasteiger partial charge in [0.05, 0.1) is 12.8 Å². The number of aromatic nitrogens is 4. The van der Waals surface area contributed by atoms with Crippen molar-refractivity contribution in [2.75, 3.05) is 12.4 Å². The first-order valence-corrected chi connectivity index (χ1v) is 7.92. The predicted octanol–water partition coefficient (Wildman–Crippen LogP) is 3.02. The van der Waals surface area contributed by atoms with Gasteiger partial charge in [0, 0.05) is 12.3 Å². The molecule has 23 heavy (non-hydrogen) atoms. The van der Waals surface area contributed by atoms with Crippen molar-refractivity contribution in [3.8, 4) is 23.0 Å². The van der Waals surface area contributed by atoms with Crippen LogP contribution in [0.2, 0.25) is 0 Å². The first kappa shape index (κ1) is 15.4. The number of thiazole rings is 1. The molecule has 0 saturated carbocycles. The number of nitrogens with one attached hydrogen (secondary N) is 2. The van der Waals surface area contributed by atoms with Crippen LogP contribution in [0.1, 0.15) is 6.92 Å². The normalized spacial score (nSPS) is 10.5. The quantitative estimate of drug-likeness (QED) is 0.709. The number of carbonyl (C=O) groups is 1. The first-order valence-electron chi connectivity index (χ1n) is 6.64. The van der Waals surface area contributed by atoms with Crippen molar-refractivity contribution in [2.24, 2.45) is 0 Å². The SMILES string of the molecule is COc1ccc(-n2c(-c3csc(NC(C)=O)n3)n[nH]c2=S)cc1. The number of ether oxygens (including phenoxy) is 1. The number of anilines is 1. The van der Waals surface area contributed by atoms with Gasteiger partial charge in [0.2, 0.25) is 5.91 Å². The lowest BCUT2D eigenvalue weighted by atomic mass is 10.3. The largest absolute Gasteiger partial charge is 0.497 e. The fourth-order valence-corrected chi connectivity index (χ4v) is 3.00. The van der Waals surface area contributed by atoms with Crippen LogP contribution in [0.4, 0.5) is 5.13 Å². The zero-order valence-corrected chi connectivity index (χ0v) is 14.0. The van der Waals surface area contributed by atoms with Crippen LogP contribution in [0.15, 0.2) is 29.6 Å². The summed E-state index contributed by atoms with van der Waals surface area (Å²) in [5.41, 5.74) is 1.47. The molecule has 118 valence electrons. The van der Waals surface area contributed by atoms with Gasteiger partial charge < -0.3 is 10.1 Å². The average Bonchev–Trinajstić information content (AvgIpc) is 3.13. The van der Waals surface area contributed by atoms with Gasteiger partial charge in [-0.1, -0.05) is 0 Å². The summed E-state index contributed by atoms with van der Waals surface area (Å²) in [5.74, 6) is 1.17. The van der Waals surface area contributed by atoms with Crippen molar-refractivity contribution < 1.29 is 9.53 Å². The summed E-state index contributed by atoms with van der Waals surface area (Å²) in [5, 5.41) is 12.0. The Morgan fingerprint density at radius 3 is 2.78 bits per heavy atom. The van der Waals surface area contributed by atoms with Gasteiger partial charge in [-0.25, -0.2) is 4.98 Å². The van der Waals surface area contributed by atoms with Crippen LogP contribution >= 0.6 is 23.6 Å². The maximum Gasteiger partial charge on any atom is 0.223 e. The highest BCUT2D eigenvalue weighted by molar-refractivity contribution is 7.71. The molecule has 0 aliphatic carbocycles. The minimum absolute atomic E-state index is 0.167. The molecule has 1 aromatic carbocycles. The Kier molecular flexibility index (Phi) is 4.22. The second-order valence-electron chi connectivity index (χ2n) is 4.60. The number of carbonyl (C=O) groups excluding carboxylic acids is 1. The topological polar surface area (TPSA) is 84.8 Å². The first-order chi connectivity index (χ1) is 11.1. The standard InChI is InChI=1S/C14H13N5O2S2/c1-8(20)15-13-16-11(7-23-13)12-17-18-14(22)19(12)9-3-5-10(21-2)6-4-9/h3-7H,1-2H3,(H,18,22)(H,15,16,20). The van der Waals surface area contributed by atoms with Crippen LogP contribution < -0.4 is 10.1 Å². The molecule has 0 aliphatic heterocycles. The molecule has 0 atom stereocenters. The number of amides is 1. The Bertz CT molecular complexity index is 895. The van der Waals surface area contributed by atoms with Crippen LogP contribution in [0.3, 0.4) is 0 Å². The number of methoxy groups -OCH3 is 1. The molecule has 3 rings (SSSR count). The molecule has 0 saturated heterocycles. The van der Waals surface area contributed by atoms with E-state index in [1.54, 1.807) is 11.7 Å². The van der Waals surface area contributed by atoms with Gasteiger partial charge in [0.1, 0.15) is 11.4 Å². The van der Waals surface area contributed by atoms with E-state index in [9.17, 15) is 4.79 Å². The van der Waals surface area contributed by atoms with Crippen LogP contribution in [0, 0.1) is 4.77 Å². The third-order valence-corrected chi connectivity index (χ3v) is 4.05. The lowest BCUT2D eigenvalue weighted by molar-refractivity contribution is -0.114. The molecule has 0 radical (unpaired) electrons. The molecular weight excluding hydrogens is 334 g/mol. The van der Waals surface area contributed by atoms with E-state index in [1.165, 1.54) is 18.3 Å². The Hall–Kier alpha value is -2.52. The maximum atomic E-state index is 11.1. The van der Waals surface area contributed by atoms with Crippen molar-refractivity contribution >= 4 is 34.6 Å². The van der Waals surface area contributed by atoms with E-state index in [0.29, 0.717) is 21.4 Å². The van der Waals surface area contributed by atoms with E-state index in [2.05, 4.69) is 20.5 Å². The maximum absolute atomic E-state index is 11.1. The second kappa shape index (κ2) is 6.31. The number of rotatable bonds is 4. The van der Waals surface area contributed by atoms with Gasteiger partial charge in [-0.2, -0.15) is 5.10 Å². The number of nitrogens with zero attached hydrogens (tertiary/aromatic N) is 3. The van der Waals surface area contributed by atoms with E-state index in [0.717, 1.165) is 11.4 Å². The molecule has 0 unspecified atom stereocenters. The molecule has 7 nitrogen and oxygen atoms in total. The number of H-pyrrole nitrogens is 1. The second-order valence-corrected chi connectivity index (χ2v) is 5.85. The molecule has 1 amide bonds. The highest BCUT2D eigenvalue weighted by atomic mass is 32.1. The van der Waals surface area contributed by atoms with Crippen molar-refractivity contribution in [1.82, 2.24) is 19.7 Å². The number of benzene rings is 1. The van der Waals surface area contributed by atoms with E-state index in [1.807, 2.05) is 29.6 Å². The predicted molar refractivity (Wildman–Crippen MR) is 90.7 cm³/mol. The molecule has 2 heterocycles. The molecule has 0 bridgehead atoms. The Balaban J connectivity index is 2.02. The summed E-state index contributed by atoms with van der Waals surface area (Å²) in [6, 6.07) is 7.46. The van der Waals surface area contributed by atoms with Gasteiger partial charge >= 0.3 is 0 Å². The molecule has 2 aromatic heterocycles. The number of hydrogen-bond donors (Lipinski definition) is 2. The number of aromatic amines is 1. The summed E-state index contributed by atoms with van der Waals surface area (Å²) in [4.78, 5) is 15.5. The molecule has 0 spiro atoms. The monoisotopic (exact) mass is 347 g/mol. The van der Waals surface area contributed by atoms with E-state index >= 15 is 0 Å². The van der Waals surface area contributed by atoms with Crippen molar-refractivity contribution in [1.29, 1.82) is 0 Å². The molecule has 3 aromatic rings. The highest BCUT2D eigenvalue weighted by Crippen LogP contribution is 2.26. The molecule has 2 N–H and O–H groups in total. The third kappa shape index (κ3) is 3.15. The van der Waals surface area contributed by atoms with E-state index < -0.39 is 0 Å². The molecule has 9 heteroatoms. The fourth-order valence-electron chi connectivity index (χ4n) is 2.02. The minimum atomic E-state index is -0.167. The lowest BCUT2D eigenvalue weighted by Gasteiger charge is -2.06. The number of hydrogen-bond acceptors (Lipinski definition) is 6. The van der Waals surface area contributed by atoms with Gasteiger partial charge in [0.15, 0.2) is 15.7 Å². The minimum Gasteiger partial charge on any atom is -0.497 e. The summed E-state index contributed by atoms with van der Waals surface area (Å²) >= 11 is 6.64. The van der Waals surface area contributed by atoms with Crippen LogP contribution in [-0.2, 0) is 4.79 Å². The summed E-state index contributed by atoms with van der Waals surface area (Å²) in [6.45, 7) is 1.44. The summed E-state index contributed by atoms with van der Waals surface area (Å²) in [7, 11) is 1.61. The van der Waals surface area contributed by atoms with Crippen LogP contribution in [-0.4, -0.2) is 32.8 Å². The molecular formula is C14H13N5O2S2. The zero-order valence-electron chi connectivity index (χ0n) is 12.4. The fraction of sp³-hybridized carbons (Fsp3) is 0.143. The van der Waals surface area contributed by atoms with Crippen LogP contribution in [0.5, 0.6) is 5.75 Å². The van der Waals surface area contributed by atoms with Gasteiger partial charge in [-0.3, -0.25) is 14.5 Å². The zero-order chi connectivity index (χ0) is 16.4. The van der Waals surface area contributed by atoms with E-state index in [4.69, 9.17) is 17.0 Å².